The van der Waals surface area contributed by atoms with Gasteiger partial charge in [-0.15, -0.1) is 0 Å². The minimum Gasteiger partial charge on any atom is -0.395 e. The number of anilines is 1. The van der Waals surface area contributed by atoms with E-state index in [4.69, 9.17) is 17.3 Å². The van der Waals surface area contributed by atoms with Crippen LogP contribution in [-0.2, 0) is 4.79 Å². The third kappa shape index (κ3) is 2.48. The Morgan fingerprint density at radius 3 is 2.93 bits per heavy atom. The molecule has 0 saturated heterocycles. The number of carbonyl (C=O) groups excluding carboxylic acids is 1. The van der Waals surface area contributed by atoms with E-state index in [1.165, 1.54) is 6.07 Å². The second kappa shape index (κ2) is 4.64. The van der Waals surface area contributed by atoms with Crippen molar-refractivity contribution in [3.8, 4) is 11.8 Å². The lowest BCUT2D eigenvalue weighted by atomic mass is 10.2. The summed E-state index contributed by atoms with van der Waals surface area (Å²) in [5.74, 6) is 4.48. The molecule has 1 rings (SSSR count). The summed E-state index contributed by atoms with van der Waals surface area (Å²) in [5.41, 5.74) is 5.66. The van der Waals surface area contributed by atoms with E-state index in [0.29, 0.717) is 11.8 Å². The summed E-state index contributed by atoms with van der Waals surface area (Å²) < 4.78 is 13.0. The molecule has 0 saturated carbocycles. The summed E-state index contributed by atoms with van der Waals surface area (Å²) in [7, 11) is 0. The van der Waals surface area contributed by atoms with Gasteiger partial charge in [0.2, 0.25) is 0 Å². The first-order valence-electron chi connectivity index (χ1n) is 3.82. The Hall–Kier alpha value is -1.53. The van der Waals surface area contributed by atoms with E-state index in [-0.39, 0.29) is 17.1 Å². The molecular formula is C10H7ClFNO. The Labute approximate surface area is 85.9 Å². The third-order valence-corrected chi connectivity index (χ3v) is 1.72. The molecule has 14 heavy (non-hydrogen) atoms. The fourth-order valence-electron chi connectivity index (χ4n) is 0.876. The number of benzene rings is 1. The quantitative estimate of drug-likeness (QED) is 0.439. The number of nitrogens with two attached hydrogens (primary N) is 1. The molecule has 0 bridgehead atoms. The van der Waals surface area contributed by atoms with Crippen LogP contribution in [-0.4, -0.2) is 6.29 Å². The zero-order valence-corrected chi connectivity index (χ0v) is 7.94. The number of hydrogen-bond acceptors (Lipinski definition) is 2. The van der Waals surface area contributed by atoms with Gasteiger partial charge in [-0.1, -0.05) is 23.4 Å². The van der Waals surface area contributed by atoms with Crippen molar-refractivity contribution in [2.24, 2.45) is 0 Å². The minimum absolute atomic E-state index is 0.0483. The summed E-state index contributed by atoms with van der Waals surface area (Å²) in [6, 6.07) is 2.57. The lowest BCUT2D eigenvalue weighted by Gasteiger charge is -2.00. The van der Waals surface area contributed by atoms with E-state index in [2.05, 4.69) is 11.8 Å². The van der Waals surface area contributed by atoms with Gasteiger partial charge in [-0.3, -0.25) is 0 Å². The van der Waals surface area contributed by atoms with Gasteiger partial charge in [0.1, 0.15) is 12.1 Å². The highest BCUT2D eigenvalue weighted by molar-refractivity contribution is 6.30. The standard InChI is InChI=1S/C10H7ClFNO/c11-8-5-7(3-1-2-4-14)10(13)9(12)6-8/h4-6H,2,13H2. The molecule has 2 N–H and O–H groups in total. The first-order chi connectivity index (χ1) is 6.65. The van der Waals surface area contributed by atoms with Crippen molar-refractivity contribution in [1.82, 2.24) is 0 Å². The van der Waals surface area contributed by atoms with Crippen molar-refractivity contribution >= 4 is 23.6 Å². The van der Waals surface area contributed by atoms with Crippen molar-refractivity contribution in [2.45, 2.75) is 6.42 Å². The van der Waals surface area contributed by atoms with Crippen LogP contribution in [0.4, 0.5) is 10.1 Å². The molecule has 0 aromatic heterocycles. The van der Waals surface area contributed by atoms with Gasteiger partial charge < -0.3 is 10.5 Å². The molecule has 0 amide bonds. The maximum atomic E-state index is 13.0. The van der Waals surface area contributed by atoms with Gasteiger partial charge >= 0.3 is 0 Å². The average molecular weight is 212 g/mol. The van der Waals surface area contributed by atoms with E-state index >= 15 is 0 Å². The number of halogens is 2. The molecule has 0 fully saturated rings. The van der Waals surface area contributed by atoms with Crippen LogP contribution in [0.3, 0.4) is 0 Å². The fourth-order valence-corrected chi connectivity index (χ4v) is 1.08. The van der Waals surface area contributed by atoms with Crippen LogP contribution >= 0.6 is 11.6 Å². The molecule has 4 heteroatoms. The van der Waals surface area contributed by atoms with E-state index in [0.717, 1.165) is 6.07 Å². The molecule has 0 unspecified atom stereocenters. The third-order valence-electron chi connectivity index (χ3n) is 1.50. The molecule has 1 aromatic carbocycles. The molecule has 0 atom stereocenters. The van der Waals surface area contributed by atoms with Crippen molar-refractivity contribution in [1.29, 1.82) is 0 Å². The molecule has 0 aliphatic heterocycles. The number of aldehydes is 1. The van der Waals surface area contributed by atoms with E-state index in [1.807, 2.05) is 0 Å². The van der Waals surface area contributed by atoms with Gasteiger partial charge in [0.25, 0.3) is 0 Å². The highest BCUT2D eigenvalue weighted by Crippen LogP contribution is 2.21. The molecule has 0 aliphatic carbocycles. The fraction of sp³-hybridized carbons (Fsp3) is 0.100. The van der Waals surface area contributed by atoms with Gasteiger partial charge in [0.05, 0.1) is 17.7 Å². The average Bonchev–Trinajstić information content (AvgIpc) is 2.13. The number of hydrogen-bond donors (Lipinski definition) is 1. The molecule has 0 spiro atoms. The first kappa shape index (κ1) is 10.6. The van der Waals surface area contributed by atoms with Gasteiger partial charge in [-0.05, 0) is 12.1 Å². The molecule has 2 nitrogen and oxygen atoms in total. The molecule has 72 valence electrons. The maximum Gasteiger partial charge on any atom is 0.148 e. The minimum atomic E-state index is -0.604. The monoisotopic (exact) mass is 211 g/mol. The van der Waals surface area contributed by atoms with Crippen LogP contribution in [0.2, 0.25) is 5.02 Å². The Bertz CT molecular complexity index is 420. The number of nitrogen functional groups attached to an aromatic ring is 1. The van der Waals surface area contributed by atoms with Crippen molar-refractivity contribution < 1.29 is 9.18 Å². The number of rotatable bonds is 1. The predicted molar refractivity (Wildman–Crippen MR) is 53.4 cm³/mol. The van der Waals surface area contributed by atoms with E-state index < -0.39 is 5.82 Å². The second-order valence-electron chi connectivity index (χ2n) is 2.52. The topological polar surface area (TPSA) is 43.1 Å². The van der Waals surface area contributed by atoms with Crippen molar-refractivity contribution in [3.05, 3.63) is 28.5 Å². The molecule has 1 aromatic rings. The SMILES string of the molecule is Nc1c(F)cc(Cl)cc1C#CCC=O. The van der Waals surface area contributed by atoms with Crippen LogP contribution in [0.5, 0.6) is 0 Å². The Kier molecular flexibility index (Phi) is 3.49. The molecule has 0 radical (unpaired) electrons. The van der Waals surface area contributed by atoms with Gasteiger partial charge in [0, 0.05) is 5.02 Å². The van der Waals surface area contributed by atoms with Crippen LogP contribution in [0.15, 0.2) is 12.1 Å². The van der Waals surface area contributed by atoms with Crippen LogP contribution in [0.1, 0.15) is 12.0 Å². The van der Waals surface area contributed by atoms with Gasteiger partial charge in [-0.2, -0.15) is 0 Å². The zero-order valence-electron chi connectivity index (χ0n) is 7.18. The largest absolute Gasteiger partial charge is 0.395 e. The van der Waals surface area contributed by atoms with Crippen LogP contribution in [0.25, 0.3) is 0 Å². The molecule has 0 aliphatic rings. The van der Waals surface area contributed by atoms with Gasteiger partial charge in [-0.25, -0.2) is 4.39 Å². The summed E-state index contributed by atoms with van der Waals surface area (Å²) in [4.78, 5) is 9.98. The smallest absolute Gasteiger partial charge is 0.148 e. The van der Waals surface area contributed by atoms with Gasteiger partial charge in [0.15, 0.2) is 0 Å². The van der Waals surface area contributed by atoms with Crippen molar-refractivity contribution in [2.75, 3.05) is 5.73 Å². The maximum absolute atomic E-state index is 13.0. The Morgan fingerprint density at radius 1 is 1.57 bits per heavy atom. The lowest BCUT2D eigenvalue weighted by molar-refractivity contribution is -0.107. The van der Waals surface area contributed by atoms with E-state index in [9.17, 15) is 9.18 Å². The second-order valence-corrected chi connectivity index (χ2v) is 2.96. The highest BCUT2D eigenvalue weighted by atomic mass is 35.5. The lowest BCUT2D eigenvalue weighted by Crippen LogP contribution is -1.94. The number of carbonyl (C=O) groups is 1. The summed E-state index contributed by atoms with van der Waals surface area (Å²) >= 11 is 5.60. The van der Waals surface area contributed by atoms with E-state index in [1.54, 1.807) is 0 Å². The van der Waals surface area contributed by atoms with Crippen LogP contribution < -0.4 is 5.73 Å². The molecular weight excluding hydrogens is 205 g/mol. The zero-order chi connectivity index (χ0) is 10.6. The van der Waals surface area contributed by atoms with Crippen LogP contribution in [0, 0.1) is 17.7 Å². The molecule has 0 heterocycles. The van der Waals surface area contributed by atoms with Crippen molar-refractivity contribution in [3.63, 3.8) is 0 Å². The highest BCUT2D eigenvalue weighted by Gasteiger charge is 2.04. The Balaban J connectivity index is 3.09. The predicted octanol–water partition coefficient (Wildman–Crippen LogP) is 2.00. The summed E-state index contributed by atoms with van der Waals surface area (Å²) in [5, 5.41) is 0.229. The normalized spacial score (nSPS) is 9.00. The first-order valence-corrected chi connectivity index (χ1v) is 4.20. The Morgan fingerprint density at radius 2 is 2.29 bits per heavy atom. The summed E-state index contributed by atoms with van der Waals surface area (Å²) in [6.07, 6.45) is 0.748. The summed E-state index contributed by atoms with van der Waals surface area (Å²) in [6.45, 7) is 0.